The fraction of sp³-hybridized carbons (Fsp3) is 0.278. The van der Waals surface area contributed by atoms with Crippen LogP contribution in [0.1, 0.15) is 25.3 Å². The van der Waals surface area contributed by atoms with Gasteiger partial charge in [-0.25, -0.2) is 0 Å². The summed E-state index contributed by atoms with van der Waals surface area (Å²) in [6.45, 7) is 10.9. The number of carboxylic acids is 1. The highest BCUT2D eigenvalue weighted by Gasteiger charge is 2.39. The lowest BCUT2D eigenvalue weighted by Gasteiger charge is -2.32. The van der Waals surface area contributed by atoms with Crippen molar-refractivity contribution in [1.29, 1.82) is 0 Å². The van der Waals surface area contributed by atoms with E-state index in [1.165, 1.54) is 0 Å². The molecule has 22 heavy (non-hydrogen) atoms. The van der Waals surface area contributed by atoms with E-state index in [0.29, 0.717) is 5.75 Å². The second kappa shape index (κ2) is 7.45. The van der Waals surface area contributed by atoms with Crippen LogP contribution in [0.15, 0.2) is 59.6 Å². The molecule has 0 saturated heterocycles. The lowest BCUT2D eigenvalue weighted by molar-refractivity contribution is -0.147. The molecule has 0 aromatic heterocycles. The van der Waals surface area contributed by atoms with E-state index in [2.05, 4.69) is 29.1 Å². The smallest absolute Gasteiger partial charge is 0.310 e. The van der Waals surface area contributed by atoms with Gasteiger partial charge in [0.25, 0.3) is 0 Å². The Balaban J connectivity index is 3.54. The Bertz CT molecular complexity index is 615. The summed E-state index contributed by atoms with van der Waals surface area (Å²) in [5.74, 6) is -0.535. The van der Waals surface area contributed by atoms with Crippen molar-refractivity contribution in [3.8, 4) is 5.75 Å². The van der Waals surface area contributed by atoms with Crippen molar-refractivity contribution in [2.45, 2.75) is 19.8 Å². The maximum Gasteiger partial charge on any atom is 0.310 e. The van der Waals surface area contributed by atoms with E-state index >= 15 is 0 Å². The molecule has 0 radical (unpaired) electrons. The van der Waals surface area contributed by atoms with Gasteiger partial charge in [0.2, 0.25) is 0 Å². The summed E-state index contributed by atoms with van der Waals surface area (Å²) in [5, 5.41) is 9.63. The molecule has 0 saturated carbocycles. The second-order valence-corrected chi connectivity index (χ2v) is 6.31. The van der Waals surface area contributed by atoms with Gasteiger partial charge in [-0.3, -0.25) is 4.79 Å². The Morgan fingerprint density at radius 3 is 2.45 bits per heavy atom. The third-order valence-electron chi connectivity index (χ3n) is 3.66. The van der Waals surface area contributed by atoms with Crippen LogP contribution in [0.3, 0.4) is 0 Å². The molecule has 1 aromatic rings. The van der Waals surface area contributed by atoms with E-state index in [1.54, 1.807) is 39.2 Å². The topological polar surface area (TPSA) is 46.5 Å². The average molecular weight is 365 g/mol. The fourth-order valence-electron chi connectivity index (χ4n) is 2.43. The quantitative estimate of drug-likeness (QED) is 0.696. The number of hydrogen-bond acceptors (Lipinski definition) is 2. The highest BCUT2D eigenvalue weighted by Crippen LogP contribution is 2.43. The van der Waals surface area contributed by atoms with Gasteiger partial charge in [0.05, 0.1) is 17.0 Å². The molecule has 0 heterocycles. The summed E-state index contributed by atoms with van der Waals surface area (Å²) in [6, 6.07) is 5.58. The summed E-state index contributed by atoms with van der Waals surface area (Å²) in [4.78, 5) is 11.7. The Morgan fingerprint density at radius 1 is 1.41 bits per heavy atom. The van der Waals surface area contributed by atoms with E-state index in [0.717, 1.165) is 15.6 Å². The van der Waals surface area contributed by atoms with Gasteiger partial charge < -0.3 is 9.84 Å². The van der Waals surface area contributed by atoms with Crippen LogP contribution in [-0.4, -0.2) is 18.2 Å². The van der Waals surface area contributed by atoms with E-state index in [4.69, 9.17) is 4.74 Å². The summed E-state index contributed by atoms with van der Waals surface area (Å²) >= 11 is 3.45. The van der Waals surface area contributed by atoms with Crippen LogP contribution in [0, 0.1) is 5.41 Å². The van der Waals surface area contributed by atoms with Crippen LogP contribution in [0.2, 0.25) is 0 Å². The number of halogens is 1. The minimum atomic E-state index is -1.00. The van der Waals surface area contributed by atoms with Crippen molar-refractivity contribution < 1.29 is 14.6 Å². The van der Waals surface area contributed by atoms with E-state index in [1.807, 2.05) is 18.2 Å². The number of aliphatic carboxylic acids is 1. The number of allylic oxidation sites excluding steroid dienone is 4. The summed E-state index contributed by atoms with van der Waals surface area (Å²) in [7, 11) is 1.59. The monoisotopic (exact) mass is 364 g/mol. The zero-order valence-electron chi connectivity index (χ0n) is 13.1. The van der Waals surface area contributed by atoms with Crippen LogP contribution in [0.4, 0.5) is 0 Å². The first-order valence-corrected chi connectivity index (χ1v) is 7.60. The fourth-order valence-corrected chi connectivity index (χ4v) is 2.99. The molecule has 0 aliphatic heterocycles. The second-order valence-electron chi connectivity index (χ2n) is 5.46. The van der Waals surface area contributed by atoms with Crippen molar-refractivity contribution in [2.24, 2.45) is 5.41 Å². The first-order chi connectivity index (χ1) is 10.3. The Labute approximate surface area is 140 Å². The predicted octanol–water partition coefficient (Wildman–Crippen LogP) is 4.95. The Kier molecular flexibility index (Phi) is 6.18. The van der Waals surface area contributed by atoms with E-state index in [-0.39, 0.29) is 5.92 Å². The maximum absolute atomic E-state index is 11.7. The van der Waals surface area contributed by atoms with Gasteiger partial charge in [0, 0.05) is 5.92 Å². The van der Waals surface area contributed by atoms with Gasteiger partial charge in [-0.1, -0.05) is 37.5 Å². The van der Waals surface area contributed by atoms with Gasteiger partial charge in [-0.2, -0.15) is 0 Å². The Morgan fingerprint density at radius 2 is 2.05 bits per heavy atom. The molecule has 1 N–H and O–H groups in total. The molecule has 1 atom stereocenters. The third kappa shape index (κ3) is 3.69. The van der Waals surface area contributed by atoms with Crippen molar-refractivity contribution in [3.05, 3.63) is 65.2 Å². The number of rotatable bonds is 7. The standard InChI is InChI=1S/C18H21BrO3/c1-6-8-12(7-2)16(18(3,4)17(20)21)13-9-10-15(22-5)14(19)11-13/h6-11,16H,1-2H2,3-5H3,(H,20,21)/b12-8+. The first-order valence-electron chi connectivity index (χ1n) is 6.81. The zero-order valence-corrected chi connectivity index (χ0v) is 14.7. The van der Waals surface area contributed by atoms with Crippen LogP contribution in [0.5, 0.6) is 5.75 Å². The number of carbonyl (C=O) groups is 1. The summed E-state index contributed by atoms with van der Waals surface area (Å²) < 4.78 is 6.01. The lowest BCUT2D eigenvalue weighted by Crippen LogP contribution is -2.32. The zero-order chi connectivity index (χ0) is 16.9. The molecular weight excluding hydrogens is 344 g/mol. The summed E-state index contributed by atoms with van der Waals surface area (Å²) in [6.07, 6.45) is 5.11. The Hall–Kier alpha value is -1.81. The van der Waals surface area contributed by atoms with Gasteiger partial charge in [-0.15, -0.1) is 0 Å². The molecular formula is C18H21BrO3. The van der Waals surface area contributed by atoms with Gasteiger partial charge in [0.15, 0.2) is 0 Å². The largest absolute Gasteiger partial charge is 0.496 e. The predicted molar refractivity (Wildman–Crippen MR) is 93.3 cm³/mol. The highest BCUT2D eigenvalue weighted by atomic mass is 79.9. The molecule has 0 bridgehead atoms. The molecule has 1 aromatic carbocycles. The molecule has 4 heteroatoms. The number of ether oxygens (including phenoxy) is 1. The molecule has 0 spiro atoms. The number of carboxylic acid groups (broad SMARTS) is 1. The van der Waals surface area contributed by atoms with Crippen molar-refractivity contribution in [3.63, 3.8) is 0 Å². The summed E-state index contributed by atoms with van der Waals surface area (Å²) in [5.41, 5.74) is 0.671. The van der Waals surface area contributed by atoms with Crippen LogP contribution in [0.25, 0.3) is 0 Å². The average Bonchev–Trinajstić information content (AvgIpc) is 2.46. The minimum absolute atomic E-state index is 0.359. The van der Waals surface area contributed by atoms with Crippen molar-refractivity contribution >= 4 is 21.9 Å². The number of hydrogen-bond donors (Lipinski definition) is 1. The highest BCUT2D eigenvalue weighted by molar-refractivity contribution is 9.10. The van der Waals surface area contributed by atoms with Crippen molar-refractivity contribution in [2.75, 3.05) is 7.11 Å². The van der Waals surface area contributed by atoms with E-state index < -0.39 is 11.4 Å². The molecule has 118 valence electrons. The normalized spacial score (nSPS) is 13.4. The molecule has 0 aliphatic carbocycles. The molecule has 0 aliphatic rings. The molecule has 0 amide bonds. The van der Waals surface area contributed by atoms with E-state index in [9.17, 15) is 9.90 Å². The third-order valence-corrected chi connectivity index (χ3v) is 4.28. The molecule has 1 rings (SSSR count). The maximum atomic E-state index is 11.7. The molecule has 3 nitrogen and oxygen atoms in total. The van der Waals surface area contributed by atoms with Gasteiger partial charge >= 0.3 is 5.97 Å². The number of methoxy groups -OCH3 is 1. The van der Waals surface area contributed by atoms with Crippen molar-refractivity contribution in [1.82, 2.24) is 0 Å². The van der Waals surface area contributed by atoms with Crippen LogP contribution in [-0.2, 0) is 4.79 Å². The van der Waals surface area contributed by atoms with Gasteiger partial charge in [-0.05, 0) is 53.0 Å². The van der Waals surface area contributed by atoms with Crippen LogP contribution < -0.4 is 4.74 Å². The van der Waals surface area contributed by atoms with Gasteiger partial charge in [0.1, 0.15) is 5.75 Å². The molecule has 0 fully saturated rings. The molecule has 1 unspecified atom stereocenters. The SMILES string of the molecule is C=C/C=C(\C=C)C(c1ccc(OC)c(Br)c1)C(C)(C)C(=O)O. The number of benzene rings is 1. The van der Waals surface area contributed by atoms with Crippen LogP contribution >= 0.6 is 15.9 Å². The first kappa shape index (κ1) is 18.2. The lowest BCUT2D eigenvalue weighted by atomic mass is 9.70. The minimum Gasteiger partial charge on any atom is -0.496 e.